The van der Waals surface area contributed by atoms with Gasteiger partial charge in [-0.15, -0.1) is 0 Å². The Morgan fingerprint density at radius 2 is 1.62 bits per heavy atom. The molecule has 0 radical (unpaired) electrons. The lowest BCUT2D eigenvalue weighted by molar-refractivity contribution is 1.54. The van der Waals surface area contributed by atoms with Gasteiger partial charge < -0.3 is 0 Å². The first-order valence-corrected chi connectivity index (χ1v) is 6.39. The van der Waals surface area contributed by atoms with Crippen molar-refractivity contribution in [3.8, 4) is 0 Å². The van der Waals surface area contributed by atoms with E-state index in [0.717, 1.165) is 0 Å². The third-order valence-corrected chi connectivity index (χ3v) is 7.50. The molecule has 1 aliphatic heterocycles. The van der Waals surface area contributed by atoms with Gasteiger partial charge in [-0.25, -0.2) is 0 Å². The first-order valence-electron chi connectivity index (χ1n) is 1.96. The molecule has 8 heavy (non-hydrogen) atoms. The van der Waals surface area contributed by atoms with Crippen molar-refractivity contribution in [3.05, 3.63) is 0 Å². The molecule has 0 unspecified atom stereocenters. The van der Waals surface area contributed by atoms with Crippen molar-refractivity contribution < 1.29 is 0 Å². The molecular formula is C3H2S5. The molecule has 2 rings (SSSR count). The minimum Gasteiger partial charge on any atom is -0.153 e. The molecule has 0 fully saturated rings. The number of thioether (sulfide) groups is 2. The largest absolute Gasteiger partial charge is 0.153 e. The number of hydrogen-bond acceptors (Lipinski definition) is 5. The Morgan fingerprint density at radius 1 is 1.12 bits per heavy atom. The van der Waals surface area contributed by atoms with E-state index in [4.69, 9.17) is 0 Å². The maximum atomic E-state index is 4.31. The maximum absolute atomic E-state index is 4.31. The minimum absolute atomic E-state index is 0.475. The Kier molecular flexibility index (Phi) is 1.59. The molecule has 0 saturated heterocycles. The molecule has 0 bridgehead atoms. The fourth-order valence-electron chi connectivity index (χ4n) is 0.452. The van der Waals surface area contributed by atoms with Gasteiger partial charge in [0.15, 0.2) is 0 Å². The van der Waals surface area contributed by atoms with Gasteiger partial charge in [-0.2, -0.15) is 12.6 Å². The Hall–Kier alpha value is 1.23. The number of thiol groups is 1. The highest BCUT2D eigenvalue weighted by molar-refractivity contribution is 8.32. The van der Waals surface area contributed by atoms with Crippen LogP contribution >= 0.6 is 56.8 Å². The maximum Gasteiger partial charge on any atom is 0.104 e. The van der Waals surface area contributed by atoms with Crippen molar-refractivity contribution in [2.75, 3.05) is 0 Å². The van der Waals surface area contributed by atoms with Crippen LogP contribution < -0.4 is 0 Å². The van der Waals surface area contributed by atoms with Gasteiger partial charge in [0.25, 0.3) is 0 Å². The lowest BCUT2D eigenvalue weighted by Crippen LogP contribution is -1.68. The molecule has 1 aromatic heterocycles. The van der Waals surface area contributed by atoms with Crippen molar-refractivity contribution in [3.63, 3.8) is 0 Å². The second-order valence-electron chi connectivity index (χ2n) is 1.28. The summed E-state index contributed by atoms with van der Waals surface area (Å²) in [4.78, 5) is 0. The summed E-state index contributed by atoms with van der Waals surface area (Å²) in [7, 11) is 3.74. The highest BCUT2D eigenvalue weighted by atomic mass is 32.9. The summed E-state index contributed by atoms with van der Waals surface area (Å²) in [5.41, 5.74) is 0. The van der Waals surface area contributed by atoms with Crippen LogP contribution in [0.2, 0.25) is 0 Å². The van der Waals surface area contributed by atoms with Gasteiger partial charge in [0.1, 0.15) is 3.91 Å². The van der Waals surface area contributed by atoms with E-state index in [0.29, 0.717) is 3.91 Å². The summed E-state index contributed by atoms with van der Waals surface area (Å²) >= 11 is 8.04. The number of rotatable bonds is 0. The molecule has 5 heteroatoms. The van der Waals surface area contributed by atoms with E-state index in [1.165, 1.54) is 8.42 Å². The van der Waals surface area contributed by atoms with Crippen molar-refractivity contribution in [1.29, 1.82) is 0 Å². The molecule has 0 nitrogen and oxygen atoms in total. The van der Waals surface area contributed by atoms with Crippen molar-refractivity contribution in [2.45, 2.75) is 12.3 Å². The number of fused-ring (bicyclic) bond motifs is 1. The normalized spacial score (nSPS) is 19.6. The Labute approximate surface area is 68.9 Å². The van der Waals surface area contributed by atoms with Crippen LogP contribution in [0.1, 0.15) is 0 Å². The summed E-state index contributed by atoms with van der Waals surface area (Å²) in [6.07, 6.45) is 0. The molecule has 0 amide bonds. The van der Waals surface area contributed by atoms with Gasteiger partial charge in [0.05, 0.1) is 8.42 Å². The van der Waals surface area contributed by atoms with E-state index < -0.39 is 0 Å². The highest BCUT2D eigenvalue weighted by Gasteiger charge is 2.24. The first-order chi connectivity index (χ1) is 3.86. The van der Waals surface area contributed by atoms with E-state index >= 15 is 0 Å². The fraction of sp³-hybridized carbons (Fsp3) is 0.333. The number of hydrogen-bond donors (Lipinski definition) is 1. The van der Waals surface area contributed by atoms with Crippen LogP contribution in [0.4, 0.5) is 0 Å². The molecule has 0 aliphatic carbocycles. The zero-order chi connectivity index (χ0) is 5.56. The van der Waals surface area contributed by atoms with Gasteiger partial charge in [-0.1, -0.05) is 44.2 Å². The van der Waals surface area contributed by atoms with E-state index in [2.05, 4.69) is 12.6 Å². The zero-order valence-electron chi connectivity index (χ0n) is 3.66. The SMILES string of the molecule is SC1Sc2ssc2S1. The third kappa shape index (κ3) is 0.844. The second kappa shape index (κ2) is 2.12. The van der Waals surface area contributed by atoms with E-state index in [1.807, 2.05) is 44.2 Å². The van der Waals surface area contributed by atoms with Gasteiger partial charge >= 0.3 is 0 Å². The van der Waals surface area contributed by atoms with Crippen LogP contribution in [0, 0.1) is 0 Å². The van der Waals surface area contributed by atoms with Gasteiger partial charge in [0.2, 0.25) is 0 Å². The third-order valence-electron chi connectivity index (χ3n) is 0.775. The molecule has 44 valence electrons. The van der Waals surface area contributed by atoms with Crippen LogP contribution in [0.25, 0.3) is 0 Å². The lowest BCUT2D eigenvalue weighted by Gasteiger charge is -1.91. The summed E-state index contributed by atoms with van der Waals surface area (Å²) in [5.74, 6) is 0. The monoisotopic (exact) mass is 198 g/mol. The predicted octanol–water partition coefficient (Wildman–Crippen LogP) is 3.22. The smallest absolute Gasteiger partial charge is 0.104 e. The molecular weight excluding hydrogens is 196 g/mol. The molecule has 2 heterocycles. The lowest BCUT2D eigenvalue weighted by atomic mass is 11.1. The molecule has 0 N–H and O–H groups in total. The average Bonchev–Trinajstić information content (AvgIpc) is 1.91. The van der Waals surface area contributed by atoms with Crippen molar-refractivity contribution >= 4 is 56.8 Å². The van der Waals surface area contributed by atoms with E-state index in [-0.39, 0.29) is 0 Å². The van der Waals surface area contributed by atoms with E-state index in [1.54, 1.807) is 0 Å². The van der Waals surface area contributed by atoms with Crippen molar-refractivity contribution in [1.82, 2.24) is 0 Å². The second-order valence-corrected chi connectivity index (χ2v) is 7.70. The van der Waals surface area contributed by atoms with Crippen LogP contribution in [0.5, 0.6) is 0 Å². The molecule has 0 saturated carbocycles. The van der Waals surface area contributed by atoms with Crippen molar-refractivity contribution in [2.24, 2.45) is 0 Å². The summed E-state index contributed by atoms with van der Waals surface area (Å²) in [6.45, 7) is 0. The molecule has 0 atom stereocenters. The van der Waals surface area contributed by atoms with Crippen LogP contribution in [-0.2, 0) is 0 Å². The van der Waals surface area contributed by atoms with E-state index in [9.17, 15) is 0 Å². The van der Waals surface area contributed by atoms with Crippen LogP contribution in [-0.4, -0.2) is 3.91 Å². The highest BCUT2D eigenvalue weighted by Crippen LogP contribution is 2.57. The first kappa shape index (κ1) is 5.97. The summed E-state index contributed by atoms with van der Waals surface area (Å²) < 4.78 is 3.45. The van der Waals surface area contributed by atoms with Crippen LogP contribution in [0.15, 0.2) is 8.42 Å². The predicted molar refractivity (Wildman–Crippen MR) is 46.7 cm³/mol. The van der Waals surface area contributed by atoms with Gasteiger partial charge in [-0.05, 0) is 0 Å². The summed E-state index contributed by atoms with van der Waals surface area (Å²) in [5, 5.41) is 0. The molecule has 1 aliphatic rings. The Morgan fingerprint density at radius 3 is 1.88 bits per heavy atom. The zero-order valence-corrected chi connectivity index (χ0v) is 7.82. The topological polar surface area (TPSA) is 0 Å². The minimum atomic E-state index is 0.475. The van der Waals surface area contributed by atoms with Gasteiger partial charge in [-0.3, -0.25) is 0 Å². The Balaban J connectivity index is 2.28. The standard InChI is InChI=1S/C3H2S5/c4-3-5-1-2(6-3)8-7-1/h3-4H. The molecule has 1 aromatic rings. The Bertz CT molecular complexity index is 166. The molecule has 0 spiro atoms. The quantitative estimate of drug-likeness (QED) is 0.502. The fourth-order valence-corrected chi connectivity index (χ4v) is 7.49. The van der Waals surface area contributed by atoms with Gasteiger partial charge in [0, 0.05) is 0 Å². The summed E-state index contributed by atoms with van der Waals surface area (Å²) in [6, 6.07) is 0. The molecule has 0 aromatic carbocycles. The van der Waals surface area contributed by atoms with Crippen LogP contribution in [0.3, 0.4) is 0 Å². The average molecular weight is 198 g/mol.